The first-order chi connectivity index (χ1) is 17.0. The van der Waals surface area contributed by atoms with Crippen LogP contribution in [0.5, 0.6) is 5.75 Å². The van der Waals surface area contributed by atoms with Crippen molar-refractivity contribution in [2.24, 2.45) is 5.92 Å². The maximum atomic E-state index is 13.0. The highest BCUT2D eigenvalue weighted by atomic mass is 32.2. The summed E-state index contributed by atoms with van der Waals surface area (Å²) in [7, 11) is -2.03. The van der Waals surface area contributed by atoms with Crippen molar-refractivity contribution in [1.29, 1.82) is 0 Å². The largest absolute Gasteiger partial charge is 0.495 e. The summed E-state index contributed by atoms with van der Waals surface area (Å²) < 4.78 is 39.6. The average molecular weight is 509 g/mol. The summed E-state index contributed by atoms with van der Waals surface area (Å²) in [5, 5.41) is 0. The van der Waals surface area contributed by atoms with Gasteiger partial charge in [-0.1, -0.05) is 19.3 Å². The third-order valence-electron chi connectivity index (χ3n) is 7.39. The summed E-state index contributed by atoms with van der Waals surface area (Å²) in [4.78, 5) is 19.6. The molecule has 10 heteroatoms. The van der Waals surface area contributed by atoms with Crippen LogP contribution in [0.15, 0.2) is 23.1 Å². The van der Waals surface area contributed by atoms with Gasteiger partial charge in [0, 0.05) is 51.7 Å². The molecule has 9 nitrogen and oxygen atoms in total. The molecule has 0 bridgehead atoms. The number of morpholine rings is 1. The topological polar surface area (TPSA) is 91.4 Å². The van der Waals surface area contributed by atoms with E-state index in [1.165, 1.54) is 6.42 Å². The van der Waals surface area contributed by atoms with Crippen molar-refractivity contribution in [3.05, 3.63) is 18.2 Å². The first-order valence-electron chi connectivity index (χ1n) is 13.0. The first-order valence-corrected chi connectivity index (χ1v) is 14.5. The smallest absolute Gasteiger partial charge is 0.240 e. The summed E-state index contributed by atoms with van der Waals surface area (Å²) >= 11 is 0. The Morgan fingerprint density at radius 1 is 1.06 bits per heavy atom. The molecule has 196 valence electrons. The number of hydrogen-bond donors (Lipinski definition) is 1. The number of anilines is 1. The minimum Gasteiger partial charge on any atom is -0.495 e. The summed E-state index contributed by atoms with van der Waals surface area (Å²) in [6, 6.07) is 5.01. The highest BCUT2D eigenvalue weighted by molar-refractivity contribution is 7.89. The normalized spacial score (nSPS) is 20.7. The van der Waals surface area contributed by atoms with E-state index in [1.54, 1.807) is 25.3 Å². The third kappa shape index (κ3) is 6.87. The Morgan fingerprint density at radius 3 is 2.46 bits per heavy atom. The summed E-state index contributed by atoms with van der Waals surface area (Å²) in [6.07, 6.45) is 6.29. The van der Waals surface area contributed by atoms with Crippen LogP contribution in [0.4, 0.5) is 5.69 Å². The molecule has 35 heavy (non-hydrogen) atoms. The first kappa shape index (κ1) is 26.2. The van der Waals surface area contributed by atoms with Crippen LogP contribution in [0.3, 0.4) is 0 Å². The zero-order chi connectivity index (χ0) is 24.7. The van der Waals surface area contributed by atoms with E-state index in [0.29, 0.717) is 38.5 Å². The molecule has 3 aliphatic rings. The highest BCUT2D eigenvalue weighted by Crippen LogP contribution is 2.32. The van der Waals surface area contributed by atoms with Crippen molar-refractivity contribution in [1.82, 2.24) is 14.5 Å². The number of hydrogen-bond acceptors (Lipinski definition) is 7. The molecule has 1 amide bonds. The predicted octanol–water partition coefficient (Wildman–Crippen LogP) is 1.92. The van der Waals surface area contributed by atoms with E-state index in [1.807, 2.05) is 4.90 Å². The maximum absolute atomic E-state index is 13.0. The summed E-state index contributed by atoms with van der Waals surface area (Å²) in [5.74, 6) is 1.10. The van der Waals surface area contributed by atoms with E-state index in [4.69, 9.17) is 9.47 Å². The van der Waals surface area contributed by atoms with Gasteiger partial charge in [0.25, 0.3) is 0 Å². The fourth-order valence-corrected chi connectivity index (χ4v) is 6.37. The van der Waals surface area contributed by atoms with E-state index in [0.717, 1.165) is 70.6 Å². The third-order valence-corrected chi connectivity index (χ3v) is 8.85. The molecule has 0 unspecified atom stereocenters. The SMILES string of the molecule is COc1ccc(S(=O)(=O)NCCCN2CCOCC2)cc1N1CCN(C(=O)C2CCCCC2)CC1. The van der Waals surface area contributed by atoms with Gasteiger partial charge in [0.1, 0.15) is 5.75 Å². The van der Waals surface area contributed by atoms with Gasteiger partial charge in [0.2, 0.25) is 15.9 Å². The number of carbonyl (C=O) groups excluding carboxylic acids is 1. The van der Waals surface area contributed by atoms with E-state index in [9.17, 15) is 13.2 Å². The van der Waals surface area contributed by atoms with Crippen LogP contribution in [-0.2, 0) is 19.6 Å². The zero-order valence-electron chi connectivity index (χ0n) is 20.9. The molecule has 0 aromatic heterocycles. The second-order valence-corrected chi connectivity index (χ2v) is 11.5. The van der Waals surface area contributed by atoms with Crippen molar-refractivity contribution in [2.75, 3.05) is 77.6 Å². The van der Waals surface area contributed by atoms with E-state index in [2.05, 4.69) is 14.5 Å². The lowest BCUT2D eigenvalue weighted by molar-refractivity contribution is -0.136. The van der Waals surface area contributed by atoms with Gasteiger partial charge >= 0.3 is 0 Å². The minimum atomic E-state index is -3.63. The quantitative estimate of drug-likeness (QED) is 0.510. The van der Waals surface area contributed by atoms with E-state index in [-0.39, 0.29) is 16.7 Å². The monoisotopic (exact) mass is 508 g/mol. The van der Waals surface area contributed by atoms with E-state index >= 15 is 0 Å². The molecular formula is C25H40N4O5S. The van der Waals surface area contributed by atoms with Crippen LogP contribution in [0.25, 0.3) is 0 Å². The Balaban J connectivity index is 1.34. The van der Waals surface area contributed by atoms with Crippen molar-refractivity contribution in [3.63, 3.8) is 0 Å². The second-order valence-electron chi connectivity index (χ2n) is 9.69. The van der Waals surface area contributed by atoms with Crippen LogP contribution in [0, 0.1) is 5.92 Å². The van der Waals surface area contributed by atoms with Crippen LogP contribution < -0.4 is 14.4 Å². The van der Waals surface area contributed by atoms with E-state index < -0.39 is 10.0 Å². The molecule has 0 atom stereocenters. The Morgan fingerprint density at radius 2 is 1.77 bits per heavy atom. The van der Waals surface area contributed by atoms with Crippen molar-refractivity contribution >= 4 is 21.6 Å². The molecule has 1 saturated carbocycles. The molecule has 1 aromatic carbocycles. The molecule has 0 radical (unpaired) electrons. The predicted molar refractivity (Wildman–Crippen MR) is 135 cm³/mol. The Kier molecular flexibility index (Phi) is 9.27. The number of nitrogens with zero attached hydrogens (tertiary/aromatic N) is 3. The van der Waals surface area contributed by atoms with Crippen LogP contribution >= 0.6 is 0 Å². The minimum absolute atomic E-state index is 0.174. The van der Waals surface area contributed by atoms with Crippen molar-refractivity contribution in [2.45, 2.75) is 43.4 Å². The van der Waals surface area contributed by atoms with Crippen molar-refractivity contribution < 1.29 is 22.7 Å². The van der Waals surface area contributed by atoms with Gasteiger partial charge in [-0.2, -0.15) is 0 Å². The van der Waals surface area contributed by atoms with Crippen LogP contribution in [0.1, 0.15) is 38.5 Å². The molecule has 0 spiro atoms. The van der Waals surface area contributed by atoms with Gasteiger partial charge in [0.15, 0.2) is 0 Å². The molecule has 2 saturated heterocycles. The molecular weight excluding hydrogens is 468 g/mol. The molecule has 1 aliphatic carbocycles. The highest BCUT2D eigenvalue weighted by Gasteiger charge is 2.29. The lowest BCUT2D eigenvalue weighted by atomic mass is 9.88. The van der Waals surface area contributed by atoms with Crippen LogP contribution in [-0.4, -0.2) is 96.8 Å². The van der Waals surface area contributed by atoms with Crippen molar-refractivity contribution in [3.8, 4) is 5.75 Å². The number of carbonyl (C=O) groups is 1. The van der Waals surface area contributed by atoms with Gasteiger partial charge in [-0.15, -0.1) is 0 Å². The average Bonchev–Trinajstić information content (AvgIpc) is 2.91. The van der Waals surface area contributed by atoms with Gasteiger partial charge in [-0.3, -0.25) is 9.69 Å². The number of sulfonamides is 1. The van der Waals surface area contributed by atoms with Gasteiger partial charge in [0.05, 0.1) is 30.9 Å². The van der Waals surface area contributed by atoms with Gasteiger partial charge in [-0.05, 0) is 44.0 Å². The molecule has 1 N–H and O–H groups in total. The lowest BCUT2D eigenvalue weighted by Crippen LogP contribution is -2.50. The fraction of sp³-hybridized carbons (Fsp3) is 0.720. The molecule has 3 fully saturated rings. The number of piperazine rings is 1. The van der Waals surface area contributed by atoms with Crippen LogP contribution in [0.2, 0.25) is 0 Å². The zero-order valence-corrected chi connectivity index (χ0v) is 21.7. The fourth-order valence-electron chi connectivity index (χ4n) is 5.28. The number of benzene rings is 1. The Hall–Kier alpha value is -1.88. The summed E-state index contributed by atoms with van der Waals surface area (Å²) in [6.45, 7) is 7.13. The number of rotatable bonds is 9. The molecule has 2 heterocycles. The molecule has 4 rings (SSSR count). The number of nitrogens with one attached hydrogen (secondary N) is 1. The maximum Gasteiger partial charge on any atom is 0.240 e. The van der Waals surface area contributed by atoms with Gasteiger partial charge in [-0.25, -0.2) is 13.1 Å². The second kappa shape index (κ2) is 12.4. The lowest BCUT2D eigenvalue weighted by Gasteiger charge is -2.38. The Bertz CT molecular complexity index is 937. The van der Waals surface area contributed by atoms with Gasteiger partial charge < -0.3 is 19.3 Å². The summed E-state index contributed by atoms with van der Waals surface area (Å²) in [5.41, 5.74) is 0.758. The Labute approximate surface area is 209 Å². The standard InChI is InChI=1S/C25H40N4O5S/c1-33-24-9-8-22(35(31,32)26-10-5-11-27-16-18-34-19-17-27)20-23(24)28-12-14-29(15-13-28)25(30)21-6-3-2-4-7-21/h8-9,20-21,26H,2-7,10-19H2,1H3. The molecule has 2 aliphatic heterocycles. The number of ether oxygens (including phenoxy) is 2. The number of amides is 1. The molecule has 1 aromatic rings. The number of methoxy groups -OCH3 is 1.